The first-order valence-electron chi connectivity index (χ1n) is 6.30. The molecule has 7 heteroatoms. The Morgan fingerprint density at radius 2 is 1.75 bits per heavy atom. The molecule has 4 nitrogen and oxygen atoms in total. The first-order valence-corrected chi connectivity index (χ1v) is 8.09. The molecule has 0 unspecified atom stereocenters. The number of rotatable bonds is 11. The maximum absolute atomic E-state index is 13.4. The molecule has 0 atom stereocenters. The summed E-state index contributed by atoms with van der Waals surface area (Å²) in [5.41, 5.74) is 0. The van der Waals surface area contributed by atoms with Gasteiger partial charge in [0, 0.05) is 6.42 Å². The van der Waals surface area contributed by atoms with Crippen molar-refractivity contribution in [3.63, 3.8) is 0 Å². The fourth-order valence-electron chi connectivity index (χ4n) is 1.86. The van der Waals surface area contributed by atoms with Gasteiger partial charge < -0.3 is 9.79 Å². The Bertz CT molecular complexity index is 380. The zero-order valence-electron chi connectivity index (χ0n) is 11.3. The van der Waals surface area contributed by atoms with Crippen molar-refractivity contribution in [2.24, 2.45) is 5.92 Å². The zero-order chi connectivity index (χ0) is 15.8. The molecule has 0 aromatic carbocycles. The minimum absolute atomic E-state index is 0.103. The predicted octanol–water partition coefficient (Wildman–Crippen LogP) is 3.31. The molecular weight excluding hydrogens is 289 g/mol. The van der Waals surface area contributed by atoms with Crippen LogP contribution in [0.5, 0.6) is 0 Å². The van der Waals surface area contributed by atoms with Crippen LogP contribution in [-0.2, 0) is 9.36 Å². The average molecular weight is 310 g/mol. The average Bonchev–Trinajstić information content (AvgIpc) is 2.27. The van der Waals surface area contributed by atoms with E-state index in [9.17, 15) is 18.1 Å². The number of Topliss-reactive ketones (excluding diaryl/α,β-unsaturated/α-hetero) is 1. The highest BCUT2D eigenvalue weighted by Gasteiger charge is 2.40. The molecule has 0 aliphatic rings. The topological polar surface area (TPSA) is 74.6 Å². The second kappa shape index (κ2) is 8.45. The van der Waals surface area contributed by atoms with Crippen LogP contribution in [-0.4, -0.2) is 27.7 Å². The maximum Gasteiger partial charge on any atom is 0.333 e. The third kappa shape index (κ3) is 8.35. The smallest absolute Gasteiger partial charge is 0.324 e. The Kier molecular flexibility index (Phi) is 8.09. The summed E-state index contributed by atoms with van der Waals surface area (Å²) in [5.74, 6) is -5.24. The molecule has 0 saturated carbocycles. The van der Waals surface area contributed by atoms with Gasteiger partial charge in [0.1, 0.15) is 6.16 Å². The number of halogens is 2. The fraction of sp³-hybridized carbons (Fsp3) is 0.615. The van der Waals surface area contributed by atoms with Crippen molar-refractivity contribution in [1.29, 1.82) is 0 Å². The van der Waals surface area contributed by atoms with E-state index in [1.165, 1.54) is 0 Å². The van der Waals surface area contributed by atoms with Crippen LogP contribution in [0.3, 0.4) is 0 Å². The Labute approximate surface area is 117 Å². The Balaban J connectivity index is 4.33. The van der Waals surface area contributed by atoms with Crippen LogP contribution in [0.2, 0.25) is 0 Å². The third-order valence-corrected chi connectivity index (χ3v) is 3.56. The van der Waals surface area contributed by atoms with Gasteiger partial charge in [-0.15, -0.1) is 13.2 Å². The summed E-state index contributed by atoms with van der Waals surface area (Å²) in [6, 6.07) is 0. The number of hydrogen-bond donors (Lipinski definition) is 2. The largest absolute Gasteiger partial charge is 0.333 e. The van der Waals surface area contributed by atoms with Crippen molar-refractivity contribution < 1.29 is 27.9 Å². The van der Waals surface area contributed by atoms with Crippen LogP contribution in [0, 0.1) is 5.92 Å². The SMILES string of the molecule is C=CCC(CC=C)CCCC(F)(F)C(=O)CP(=O)(O)O. The summed E-state index contributed by atoms with van der Waals surface area (Å²) in [7, 11) is -4.75. The highest BCUT2D eigenvalue weighted by Crippen LogP contribution is 2.37. The van der Waals surface area contributed by atoms with Crippen molar-refractivity contribution in [2.75, 3.05) is 6.16 Å². The van der Waals surface area contributed by atoms with E-state index in [-0.39, 0.29) is 12.3 Å². The standard InChI is InChI=1S/C13H21F2O4P/c1-3-6-11(7-4-2)8-5-9-13(14,15)12(16)10-20(17,18)19/h3-4,11H,1-2,5-10H2,(H2,17,18,19). The number of carbonyl (C=O) groups excluding carboxylic acids is 1. The number of allylic oxidation sites excluding steroid dienone is 2. The molecule has 20 heavy (non-hydrogen) atoms. The van der Waals surface area contributed by atoms with Gasteiger partial charge in [-0.1, -0.05) is 12.2 Å². The minimum atomic E-state index is -4.75. The predicted molar refractivity (Wildman–Crippen MR) is 73.8 cm³/mol. The Hall–Kier alpha value is -0.840. The summed E-state index contributed by atoms with van der Waals surface area (Å²) < 4.78 is 37.4. The lowest BCUT2D eigenvalue weighted by molar-refractivity contribution is -0.141. The fourth-order valence-corrected chi connectivity index (χ4v) is 2.46. The molecule has 0 rings (SSSR count). The first kappa shape index (κ1) is 19.2. The van der Waals surface area contributed by atoms with Crippen LogP contribution >= 0.6 is 7.60 Å². The summed E-state index contributed by atoms with van der Waals surface area (Å²) in [4.78, 5) is 28.2. The normalized spacial score (nSPS) is 12.4. The second-order valence-electron chi connectivity index (χ2n) is 4.76. The lowest BCUT2D eigenvalue weighted by Crippen LogP contribution is -2.31. The molecule has 116 valence electrons. The molecule has 0 amide bonds. The van der Waals surface area contributed by atoms with E-state index < -0.39 is 31.9 Å². The van der Waals surface area contributed by atoms with Gasteiger partial charge in [0.05, 0.1) is 0 Å². The number of hydrogen-bond acceptors (Lipinski definition) is 2. The number of ketones is 1. The van der Waals surface area contributed by atoms with E-state index in [0.29, 0.717) is 19.3 Å². The lowest BCUT2D eigenvalue weighted by Gasteiger charge is -2.17. The molecule has 0 fully saturated rings. The van der Waals surface area contributed by atoms with Crippen molar-refractivity contribution in [3.05, 3.63) is 25.3 Å². The van der Waals surface area contributed by atoms with Gasteiger partial charge >= 0.3 is 13.5 Å². The van der Waals surface area contributed by atoms with Crippen molar-refractivity contribution in [1.82, 2.24) is 0 Å². The summed E-state index contributed by atoms with van der Waals surface area (Å²) in [6.07, 6.45) is 3.22. The van der Waals surface area contributed by atoms with Gasteiger partial charge in [-0.25, -0.2) is 0 Å². The molecule has 0 aliphatic carbocycles. The van der Waals surface area contributed by atoms with E-state index in [4.69, 9.17) is 9.79 Å². The molecular formula is C13H21F2O4P. The van der Waals surface area contributed by atoms with Gasteiger partial charge in [0.2, 0.25) is 5.78 Å². The van der Waals surface area contributed by atoms with Gasteiger partial charge in [-0.05, 0) is 31.6 Å². The highest BCUT2D eigenvalue weighted by atomic mass is 31.2. The maximum atomic E-state index is 13.4. The zero-order valence-corrected chi connectivity index (χ0v) is 12.2. The van der Waals surface area contributed by atoms with E-state index in [2.05, 4.69) is 13.2 Å². The molecule has 0 heterocycles. The van der Waals surface area contributed by atoms with E-state index in [1.54, 1.807) is 12.2 Å². The number of alkyl halides is 2. The summed E-state index contributed by atoms with van der Waals surface area (Å²) in [6.45, 7) is 7.17. The Morgan fingerprint density at radius 1 is 1.25 bits per heavy atom. The van der Waals surface area contributed by atoms with E-state index >= 15 is 0 Å². The van der Waals surface area contributed by atoms with Crippen LogP contribution in [0.25, 0.3) is 0 Å². The third-order valence-electron chi connectivity index (χ3n) is 2.86. The van der Waals surface area contributed by atoms with Gasteiger partial charge in [-0.3, -0.25) is 9.36 Å². The quantitative estimate of drug-likeness (QED) is 0.453. The van der Waals surface area contributed by atoms with Crippen LogP contribution in [0.15, 0.2) is 25.3 Å². The van der Waals surface area contributed by atoms with E-state index in [1.807, 2.05) is 0 Å². The van der Waals surface area contributed by atoms with Crippen molar-refractivity contribution >= 4 is 13.4 Å². The van der Waals surface area contributed by atoms with E-state index in [0.717, 1.165) is 0 Å². The molecule has 2 N–H and O–H groups in total. The molecule has 0 aliphatic heterocycles. The van der Waals surface area contributed by atoms with Gasteiger partial charge in [0.25, 0.3) is 0 Å². The van der Waals surface area contributed by atoms with Crippen LogP contribution in [0.1, 0.15) is 32.1 Å². The highest BCUT2D eigenvalue weighted by molar-refractivity contribution is 7.52. The monoisotopic (exact) mass is 310 g/mol. The molecule has 0 saturated heterocycles. The number of carbonyl (C=O) groups is 1. The van der Waals surface area contributed by atoms with Crippen LogP contribution in [0.4, 0.5) is 8.78 Å². The lowest BCUT2D eigenvalue weighted by atomic mass is 9.93. The summed E-state index contributed by atoms with van der Waals surface area (Å²) in [5, 5.41) is 0. The first-order chi connectivity index (χ1) is 9.12. The van der Waals surface area contributed by atoms with Crippen molar-refractivity contribution in [3.8, 4) is 0 Å². The second-order valence-corrected chi connectivity index (χ2v) is 6.40. The van der Waals surface area contributed by atoms with Gasteiger partial charge in [-0.2, -0.15) is 8.78 Å². The molecule has 0 spiro atoms. The van der Waals surface area contributed by atoms with Crippen molar-refractivity contribution in [2.45, 2.75) is 38.0 Å². The minimum Gasteiger partial charge on any atom is -0.324 e. The Morgan fingerprint density at radius 3 is 2.15 bits per heavy atom. The van der Waals surface area contributed by atoms with Gasteiger partial charge in [0.15, 0.2) is 0 Å². The molecule has 0 aromatic heterocycles. The van der Waals surface area contributed by atoms with Crippen LogP contribution < -0.4 is 0 Å². The molecule has 0 aromatic rings. The molecule has 0 bridgehead atoms. The summed E-state index contributed by atoms with van der Waals surface area (Å²) >= 11 is 0. The molecule has 0 radical (unpaired) electrons.